The topological polar surface area (TPSA) is 43.9 Å². The molecular formula is C19H17N3O. The minimum atomic E-state index is 0.641. The van der Waals surface area contributed by atoms with Crippen LogP contribution in [0.4, 0.5) is 0 Å². The van der Waals surface area contributed by atoms with Gasteiger partial charge in [0.05, 0.1) is 12.8 Å². The number of imidazole rings is 1. The summed E-state index contributed by atoms with van der Waals surface area (Å²) in [5.74, 6) is 1.91. The highest BCUT2D eigenvalue weighted by Crippen LogP contribution is 2.20. The Balaban J connectivity index is 1.80. The summed E-state index contributed by atoms with van der Waals surface area (Å²) in [5.41, 5.74) is 4.37. The number of hydrogen-bond donors (Lipinski definition) is 0. The Morgan fingerprint density at radius 3 is 2.78 bits per heavy atom. The van der Waals surface area contributed by atoms with Crippen LogP contribution in [-0.4, -0.2) is 14.5 Å². The van der Waals surface area contributed by atoms with E-state index in [1.54, 1.807) is 12.5 Å². The highest BCUT2D eigenvalue weighted by molar-refractivity contribution is 5.71. The first-order chi connectivity index (χ1) is 11.3. The van der Waals surface area contributed by atoms with E-state index in [2.05, 4.69) is 40.7 Å². The highest BCUT2D eigenvalue weighted by Gasteiger charge is 2.14. The van der Waals surface area contributed by atoms with Gasteiger partial charge in [0.2, 0.25) is 0 Å². The lowest BCUT2D eigenvalue weighted by atomic mass is 10.1. The summed E-state index contributed by atoms with van der Waals surface area (Å²) in [7, 11) is 0. The Labute approximate surface area is 134 Å². The normalized spacial score (nSPS) is 11.2. The average molecular weight is 303 g/mol. The molecule has 0 atom stereocenters. The molecule has 4 aromatic rings. The van der Waals surface area contributed by atoms with Gasteiger partial charge in [0.15, 0.2) is 5.65 Å². The number of rotatable bonds is 4. The van der Waals surface area contributed by atoms with Crippen molar-refractivity contribution in [3.63, 3.8) is 0 Å². The van der Waals surface area contributed by atoms with Gasteiger partial charge in [-0.3, -0.25) is 0 Å². The molecule has 4 nitrogen and oxygen atoms in total. The Morgan fingerprint density at radius 1 is 1.04 bits per heavy atom. The summed E-state index contributed by atoms with van der Waals surface area (Å²) in [5, 5.41) is 0. The zero-order valence-electron chi connectivity index (χ0n) is 12.9. The molecule has 4 rings (SSSR count). The smallest absolute Gasteiger partial charge is 0.160 e. The number of hydrogen-bond acceptors (Lipinski definition) is 3. The molecule has 0 bridgehead atoms. The van der Waals surface area contributed by atoms with Crippen LogP contribution in [0.3, 0.4) is 0 Å². The van der Waals surface area contributed by atoms with Gasteiger partial charge in [0, 0.05) is 12.6 Å². The van der Waals surface area contributed by atoms with Crippen molar-refractivity contribution >= 4 is 11.2 Å². The molecule has 23 heavy (non-hydrogen) atoms. The molecule has 0 N–H and O–H groups in total. The van der Waals surface area contributed by atoms with Crippen molar-refractivity contribution in [2.45, 2.75) is 19.9 Å². The highest BCUT2D eigenvalue weighted by atomic mass is 16.3. The van der Waals surface area contributed by atoms with Crippen LogP contribution in [0.25, 0.3) is 11.2 Å². The zero-order chi connectivity index (χ0) is 15.6. The van der Waals surface area contributed by atoms with Crippen LogP contribution >= 0.6 is 0 Å². The molecule has 0 aliphatic heterocycles. The molecule has 0 saturated carbocycles. The van der Waals surface area contributed by atoms with Gasteiger partial charge in [0.25, 0.3) is 0 Å². The van der Waals surface area contributed by atoms with Gasteiger partial charge in [-0.2, -0.15) is 0 Å². The van der Waals surface area contributed by atoms with Gasteiger partial charge >= 0.3 is 0 Å². The van der Waals surface area contributed by atoms with Crippen molar-refractivity contribution < 1.29 is 4.42 Å². The molecule has 0 unspecified atom stereocenters. The fourth-order valence-electron chi connectivity index (χ4n) is 2.84. The lowest BCUT2D eigenvalue weighted by Crippen LogP contribution is -2.06. The van der Waals surface area contributed by atoms with Crippen LogP contribution in [0.1, 0.15) is 22.7 Å². The van der Waals surface area contributed by atoms with Crippen molar-refractivity contribution in [1.29, 1.82) is 0 Å². The van der Waals surface area contributed by atoms with E-state index in [1.165, 1.54) is 11.1 Å². The van der Waals surface area contributed by atoms with Crippen molar-refractivity contribution in [2.24, 2.45) is 0 Å². The largest absolute Gasteiger partial charge is 0.467 e. The predicted octanol–water partition coefficient (Wildman–Crippen LogP) is 3.97. The molecule has 1 aromatic carbocycles. The Hall–Kier alpha value is -2.88. The average Bonchev–Trinajstić information content (AvgIpc) is 3.19. The zero-order valence-corrected chi connectivity index (χ0v) is 12.9. The van der Waals surface area contributed by atoms with Crippen LogP contribution in [0, 0.1) is 6.92 Å². The summed E-state index contributed by atoms with van der Waals surface area (Å²) >= 11 is 0. The lowest BCUT2D eigenvalue weighted by molar-refractivity contribution is 0.492. The van der Waals surface area contributed by atoms with Gasteiger partial charge in [-0.05, 0) is 42.3 Å². The van der Waals surface area contributed by atoms with Crippen LogP contribution in [0.5, 0.6) is 0 Å². The number of aryl methyl sites for hydroxylation is 1. The minimum absolute atomic E-state index is 0.641. The van der Waals surface area contributed by atoms with E-state index in [0.29, 0.717) is 6.54 Å². The fraction of sp³-hybridized carbons (Fsp3) is 0.158. The molecule has 3 aromatic heterocycles. The minimum Gasteiger partial charge on any atom is -0.467 e. The van der Waals surface area contributed by atoms with Crippen LogP contribution in [-0.2, 0) is 13.0 Å². The Kier molecular flexibility index (Phi) is 3.42. The van der Waals surface area contributed by atoms with Gasteiger partial charge in [-0.15, -0.1) is 0 Å². The van der Waals surface area contributed by atoms with Crippen LogP contribution < -0.4 is 0 Å². The molecule has 114 valence electrons. The predicted molar refractivity (Wildman–Crippen MR) is 89.3 cm³/mol. The van der Waals surface area contributed by atoms with E-state index in [4.69, 9.17) is 9.40 Å². The molecule has 0 spiro atoms. The van der Waals surface area contributed by atoms with Crippen molar-refractivity contribution in [2.75, 3.05) is 0 Å². The maximum atomic E-state index is 5.51. The van der Waals surface area contributed by atoms with Crippen molar-refractivity contribution in [1.82, 2.24) is 14.5 Å². The monoisotopic (exact) mass is 303 g/mol. The first-order valence-electron chi connectivity index (χ1n) is 7.68. The van der Waals surface area contributed by atoms with Crippen LogP contribution in [0.2, 0.25) is 0 Å². The molecule has 3 heterocycles. The van der Waals surface area contributed by atoms with E-state index in [-0.39, 0.29) is 0 Å². The summed E-state index contributed by atoms with van der Waals surface area (Å²) in [6.07, 6.45) is 4.28. The van der Waals surface area contributed by atoms with E-state index in [0.717, 1.165) is 29.2 Å². The third kappa shape index (κ3) is 2.63. The van der Waals surface area contributed by atoms with Gasteiger partial charge in [-0.25, -0.2) is 9.97 Å². The molecule has 0 saturated heterocycles. The lowest BCUT2D eigenvalue weighted by Gasteiger charge is -2.09. The Bertz CT molecular complexity index is 938. The fourth-order valence-corrected chi connectivity index (χ4v) is 2.84. The van der Waals surface area contributed by atoms with Crippen molar-refractivity contribution in [3.05, 3.63) is 83.7 Å². The summed E-state index contributed by atoms with van der Waals surface area (Å²) in [6.45, 7) is 2.77. The molecular weight excluding hydrogens is 286 g/mol. The van der Waals surface area contributed by atoms with E-state index in [1.807, 2.05) is 24.3 Å². The van der Waals surface area contributed by atoms with E-state index < -0.39 is 0 Å². The summed E-state index contributed by atoms with van der Waals surface area (Å²) in [4.78, 5) is 9.29. The third-order valence-corrected chi connectivity index (χ3v) is 4.09. The van der Waals surface area contributed by atoms with E-state index in [9.17, 15) is 0 Å². The first-order valence-corrected chi connectivity index (χ1v) is 7.68. The molecule has 0 radical (unpaired) electrons. The maximum absolute atomic E-state index is 5.51. The number of fused-ring (bicyclic) bond motifs is 1. The molecule has 0 aliphatic rings. The second-order valence-electron chi connectivity index (χ2n) is 5.64. The SMILES string of the molecule is Cc1ccccc1Cc1nc2cccnc2n1Cc1ccco1. The van der Waals surface area contributed by atoms with Crippen molar-refractivity contribution in [3.8, 4) is 0 Å². The van der Waals surface area contributed by atoms with Gasteiger partial charge in [0.1, 0.15) is 17.1 Å². The molecule has 0 aliphatic carbocycles. The molecule has 4 heteroatoms. The quantitative estimate of drug-likeness (QED) is 0.573. The maximum Gasteiger partial charge on any atom is 0.160 e. The van der Waals surface area contributed by atoms with E-state index >= 15 is 0 Å². The number of nitrogens with zero attached hydrogens (tertiary/aromatic N) is 3. The number of pyridine rings is 1. The second kappa shape index (κ2) is 5.72. The standard InChI is InChI=1S/C19H17N3O/c1-14-6-2-3-7-15(14)12-18-21-17-9-4-10-20-19(17)22(18)13-16-8-5-11-23-16/h2-11H,12-13H2,1H3. The van der Waals surface area contributed by atoms with Gasteiger partial charge < -0.3 is 8.98 Å². The third-order valence-electron chi connectivity index (χ3n) is 4.09. The first kappa shape index (κ1) is 13.8. The number of furan rings is 1. The van der Waals surface area contributed by atoms with Crippen LogP contribution in [0.15, 0.2) is 65.4 Å². The number of aromatic nitrogens is 3. The summed E-state index contributed by atoms with van der Waals surface area (Å²) < 4.78 is 7.65. The summed E-state index contributed by atoms with van der Waals surface area (Å²) in [6, 6.07) is 16.2. The second-order valence-corrected chi connectivity index (χ2v) is 5.64. The molecule has 0 amide bonds. The molecule has 0 fully saturated rings. The number of benzene rings is 1. The van der Waals surface area contributed by atoms with Gasteiger partial charge in [-0.1, -0.05) is 24.3 Å². The Morgan fingerprint density at radius 2 is 1.96 bits per heavy atom.